The first-order valence-corrected chi connectivity index (χ1v) is 11.9. The summed E-state index contributed by atoms with van der Waals surface area (Å²) in [6.45, 7) is 11.9. The van der Waals surface area contributed by atoms with Crippen LogP contribution in [0.2, 0.25) is 0 Å². The number of guanidine groups is 1. The number of hydrogen-bond acceptors (Lipinski definition) is 6. The van der Waals surface area contributed by atoms with Crippen molar-refractivity contribution in [3.05, 3.63) is 21.9 Å². The molecule has 0 aliphatic carbocycles. The van der Waals surface area contributed by atoms with Crippen molar-refractivity contribution < 1.29 is 0 Å². The van der Waals surface area contributed by atoms with Crippen LogP contribution < -0.4 is 5.32 Å². The molecule has 0 aliphatic heterocycles. The molecule has 2 aromatic heterocycles. The lowest BCUT2D eigenvalue weighted by molar-refractivity contribution is 0.468. The van der Waals surface area contributed by atoms with Crippen LogP contribution in [0.5, 0.6) is 0 Å². The molecular weight excluding hydrogens is 390 g/mol. The van der Waals surface area contributed by atoms with Crippen LogP contribution >= 0.6 is 23.1 Å². The number of aromatic nitrogens is 4. The average molecular weight is 424 g/mol. The molecule has 0 spiro atoms. The summed E-state index contributed by atoms with van der Waals surface area (Å²) in [6, 6.07) is 0. The average Bonchev–Trinajstić information content (AvgIpc) is 3.23. The summed E-state index contributed by atoms with van der Waals surface area (Å²) in [5.41, 5.74) is 1.09. The quantitative estimate of drug-likeness (QED) is 0.273. The number of thioether (sulfide) groups is 1. The molecule has 0 saturated carbocycles. The van der Waals surface area contributed by atoms with Crippen LogP contribution in [0.1, 0.15) is 43.7 Å². The van der Waals surface area contributed by atoms with Gasteiger partial charge in [-0.25, -0.2) is 4.98 Å². The van der Waals surface area contributed by atoms with Crippen molar-refractivity contribution in [3.63, 3.8) is 0 Å². The maximum absolute atomic E-state index is 4.79. The van der Waals surface area contributed by atoms with Gasteiger partial charge in [0.1, 0.15) is 5.82 Å². The third-order valence-electron chi connectivity index (χ3n) is 4.11. The van der Waals surface area contributed by atoms with Gasteiger partial charge >= 0.3 is 0 Å². The van der Waals surface area contributed by atoms with Gasteiger partial charge in [-0.1, -0.05) is 25.6 Å². The highest BCUT2D eigenvalue weighted by molar-refractivity contribution is 7.98. The van der Waals surface area contributed by atoms with E-state index in [0.717, 1.165) is 66.7 Å². The number of nitrogens with zero attached hydrogens (tertiary/aromatic N) is 6. The topological polar surface area (TPSA) is 71.2 Å². The van der Waals surface area contributed by atoms with Crippen molar-refractivity contribution in [1.82, 2.24) is 30.0 Å². The monoisotopic (exact) mass is 423 g/mol. The maximum atomic E-state index is 4.79. The maximum Gasteiger partial charge on any atom is 0.194 e. The van der Waals surface area contributed by atoms with Crippen molar-refractivity contribution in [2.75, 3.05) is 26.4 Å². The Kier molecular flexibility index (Phi) is 9.24. The first-order valence-electron chi connectivity index (χ1n) is 9.81. The van der Waals surface area contributed by atoms with Crippen LogP contribution in [0, 0.1) is 12.8 Å². The molecule has 7 nitrogen and oxygen atoms in total. The number of aryl methyl sites for hydroxylation is 2. The van der Waals surface area contributed by atoms with E-state index in [2.05, 4.69) is 69.4 Å². The third kappa shape index (κ3) is 6.77. The van der Waals surface area contributed by atoms with Crippen LogP contribution in [0.4, 0.5) is 0 Å². The van der Waals surface area contributed by atoms with Gasteiger partial charge in [0.25, 0.3) is 0 Å². The van der Waals surface area contributed by atoms with E-state index in [9.17, 15) is 0 Å². The van der Waals surface area contributed by atoms with Crippen LogP contribution in [0.3, 0.4) is 0 Å². The number of rotatable bonds is 10. The van der Waals surface area contributed by atoms with E-state index < -0.39 is 0 Å². The molecule has 0 saturated heterocycles. The van der Waals surface area contributed by atoms with Crippen molar-refractivity contribution in [2.24, 2.45) is 10.9 Å². The molecule has 1 N–H and O–H groups in total. The number of thiazole rings is 1. The van der Waals surface area contributed by atoms with Crippen LogP contribution in [0.25, 0.3) is 0 Å². The summed E-state index contributed by atoms with van der Waals surface area (Å²) in [7, 11) is 2.06. The SMILES string of the molecule is CCNC(=NCCCc1nnc(SC)n1CC(C)C)N(C)Cc1csc(C)n1. The highest BCUT2D eigenvalue weighted by Crippen LogP contribution is 2.17. The number of hydrogen-bond donors (Lipinski definition) is 1. The minimum absolute atomic E-state index is 0.571. The largest absolute Gasteiger partial charge is 0.357 e. The Labute approximate surface area is 177 Å². The smallest absolute Gasteiger partial charge is 0.194 e. The molecule has 9 heteroatoms. The van der Waals surface area contributed by atoms with Gasteiger partial charge in [-0.05, 0) is 32.4 Å². The van der Waals surface area contributed by atoms with Gasteiger partial charge in [0.2, 0.25) is 0 Å². The zero-order valence-electron chi connectivity index (χ0n) is 17.9. The standard InChI is InChI=1S/C19H33N7S2/c1-7-20-18(25(5)12-16-13-28-15(4)22-16)21-10-8-9-17-23-24-19(27-6)26(17)11-14(2)3/h13-14H,7-12H2,1-6H3,(H,20,21). The van der Waals surface area contributed by atoms with Gasteiger partial charge in [-0.2, -0.15) is 0 Å². The van der Waals surface area contributed by atoms with Crippen LogP contribution in [0.15, 0.2) is 15.5 Å². The zero-order valence-corrected chi connectivity index (χ0v) is 19.5. The fourth-order valence-corrected chi connectivity index (χ4v) is 4.02. The van der Waals surface area contributed by atoms with Crippen molar-refractivity contribution in [3.8, 4) is 0 Å². The molecule has 2 aromatic rings. The summed E-state index contributed by atoms with van der Waals surface area (Å²) in [5.74, 6) is 2.55. The van der Waals surface area contributed by atoms with E-state index in [-0.39, 0.29) is 0 Å². The number of nitrogens with one attached hydrogen (secondary N) is 1. The van der Waals surface area contributed by atoms with E-state index in [1.807, 2.05) is 6.92 Å². The second-order valence-electron chi connectivity index (χ2n) is 7.16. The second kappa shape index (κ2) is 11.4. The summed E-state index contributed by atoms with van der Waals surface area (Å²) in [6.07, 6.45) is 3.89. The molecule has 0 unspecified atom stereocenters. The molecule has 156 valence electrons. The van der Waals surface area contributed by atoms with Crippen LogP contribution in [-0.2, 0) is 19.5 Å². The highest BCUT2D eigenvalue weighted by Gasteiger charge is 2.13. The summed E-state index contributed by atoms with van der Waals surface area (Å²) < 4.78 is 2.25. The fraction of sp³-hybridized carbons (Fsp3) is 0.684. The van der Waals surface area contributed by atoms with Crippen molar-refractivity contribution >= 4 is 29.1 Å². The Morgan fingerprint density at radius 3 is 2.79 bits per heavy atom. The summed E-state index contributed by atoms with van der Waals surface area (Å²) in [4.78, 5) is 11.5. The number of aliphatic imine (C=N–C) groups is 1. The van der Waals surface area contributed by atoms with E-state index >= 15 is 0 Å². The molecule has 2 rings (SSSR count). The van der Waals surface area contributed by atoms with Gasteiger partial charge in [0.15, 0.2) is 11.1 Å². The lowest BCUT2D eigenvalue weighted by atomic mass is 10.2. The summed E-state index contributed by atoms with van der Waals surface area (Å²) >= 11 is 3.34. The van der Waals surface area contributed by atoms with Gasteiger partial charge in [0, 0.05) is 38.5 Å². The Morgan fingerprint density at radius 1 is 1.39 bits per heavy atom. The molecule has 0 aromatic carbocycles. The molecule has 0 bridgehead atoms. The van der Waals surface area contributed by atoms with Gasteiger partial charge in [-0.3, -0.25) is 4.99 Å². The fourth-order valence-electron chi connectivity index (χ4n) is 2.89. The van der Waals surface area contributed by atoms with Gasteiger partial charge in [-0.15, -0.1) is 21.5 Å². The first-order chi connectivity index (χ1) is 13.4. The predicted octanol–water partition coefficient (Wildman–Crippen LogP) is 3.45. The van der Waals surface area contributed by atoms with Gasteiger partial charge in [0.05, 0.1) is 17.2 Å². The first kappa shape index (κ1) is 22.7. The van der Waals surface area contributed by atoms with Crippen molar-refractivity contribution in [1.29, 1.82) is 0 Å². The lowest BCUT2D eigenvalue weighted by Gasteiger charge is -2.21. The lowest BCUT2D eigenvalue weighted by Crippen LogP contribution is -2.38. The predicted molar refractivity (Wildman–Crippen MR) is 119 cm³/mol. The normalized spacial score (nSPS) is 12.0. The summed E-state index contributed by atoms with van der Waals surface area (Å²) in [5, 5.41) is 16.3. The molecule has 0 atom stereocenters. The van der Waals surface area contributed by atoms with Crippen LogP contribution in [-0.4, -0.2) is 57.0 Å². The Bertz CT molecular complexity index is 751. The van der Waals surface area contributed by atoms with Gasteiger partial charge < -0.3 is 14.8 Å². The molecule has 28 heavy (non-hydrogen) atoms. The van der Waals surface area contributed by atoms with E-state index in [1.54, 1.807) is 23.1 Å². The third-order valence-corrected chi connectivity index (χ3v) is 5.60. The molecule has 0 aliphatic rings. The van der Waals surface area contributed by atoms with Crippen molar-refractivity contribution in [2.45, 2.75) is 58.8 Å². The Morgan fingerprint density at radius 2 is 2.18 bits per heavy atom. The van der Waals surface area contributed by atoms with E-state index in [4.69, 9.17) is 4.99 Å². The molecule has 2 heterocycles. The highest BCUT2D eigenvalue weighted by atomic mass is 32.2. The molecule has 0 fully saturated rings. The molecule has 0 amide bonds. The molecule has 0 radical (unpaired) electrons. The Hall–Kier alpha value is -1.61. The van der Waals surface area contributed by atoms with E-state index in [1.165, 1.54) is 0 Å². The zero-order chi connectivity index (χ0) is 20.5. The Balaban J connectivity index is 1.94. The second-order valence-corrected chi connectivity index (χ2v) is 9.00. The minimum Gasteiger partial charge on any atom is -0.357 e. The molecular formula is C19H33N7S2. The van der Waals surface area contributed by atoms with E-state index in [0.29, 0.717) is 5.92 Å². The minimum atomic E-state index is 0.571.